The van der Waals surface area contributed by atoms with Crippen LogP contribution >= 0.6 is 27.5 Å². The highest BCUT2D eigenvalue weighted by Crippen LogP contribution is 2.28. The Morgan fingerprint density at radius 1 is 1.38 bits per heavy atom. The van der Waals surface area contributed by atoms with E-state index in [2.05, 4.69) is 26.0 Å². The summed E-state index contributed by atoms with van der Waals surface area (Å²) < 4.78 is 18.6. The van der Waals surface area contributed by atoms with Crippen molar-refractivity contribution in [2.24, 2.45) is 0 Å². The second kappa shape index (κ2) is 5.42. The van der Waals surface area contributed by atoms with Gasteiger partial charge in [-0.2, -0.15) is 5.10 Å². The van der Waals surface area contributed by atoms with Crippen molar-refractivity contribution in [1.82, 2.24) is 19.3 Å². The monoisotopic (exact) mass is 370 g/mol. The van der Waals surface area contributed by atoms with Gasteiger partial charge in [0.25, 0.3) is 0 Å². The summed E-state index contributed by atoms with van der Waals surface area (Å²) >= 11 is 9.38. The number of nitrogens with zero attached hydrogens (tertiary/aromatic N) is 4. The molecule has 0 aliphatic heterocycles. The number of fused-ring (bicyclic) bond motifs is 1. The molecule has 3 aromatic rings. The van der Waals surface area contributed by atoms with Gasteiger partial charge in [-0.25, -0.2) is 14.1 Å². The van der Waals surface area contributed by atoms with E-state index in [9.17, 15) is 4.39 Å². The van der Waals surface area contributed by atoms with Crippen LogP contribution in [-0.2, 0) is 12.4 Å². The molecule has 2 heterocycles. The molecule has 0 fully saturated rings. The normalized spacial score (nSPS) is 11.5. The van der Waals surface area contributed by atoms with Gasteiger partial charge >= 0.3 is 0 Å². The number of benzene rings is 1. The first kappa shape index (κ1) is 14.5. The molecule has 0 saturated heterocycles. The molecule has 0 atom stereocenters. The lowest BCUT2D eigenvalue weighted by Crippen LogP contribution is -2.07. The molecule has 0 aliphatic rings. The summed E-state index contributed by atoms with van der Waals surface area (Å²) in [6, 6.07) is 4.80. The zero-order chi connectivity index (χ0) is 15.1. The van der Waals surface area contributed by atoms with Crippen LogP contribution in [0.25, 0.3) is 16.9 Å². The Kier molecular flexibility index (Phi) is 3.75. The second-order valence-electron chi connectivity index (χ2n) is 4.67. The maximum absolute atomic E-state index is 14.3. The van der Waals surface area contributed by atoms with E-state index in [1.54, 1.807) is 16.7 Å². The van der Waals surface area contributed by atoms with Crippen LogP contribution in [0.1, 0.15) is 18.4 Å². The molecule has 0 N–H and O–H groups in total. The third-order valence-corrected chi connectivity index (χ3v) is 4.08. The van der Waals surface area contributed by atoms with E-state index in [1.165, 1.54) is 6.07 Å². The van der Waals surface area contributed by atoms with Crippen molar-refractivity contribution in [3.63, 3.8) is 0 Å². The summed E-state index contributed by atoms with van der Waals surface area (Å²) in [5.41, 5.74) is 2.75. The number of hydrogen-bond acceptors (Lipinski definition) is 2. The van der Waals surface area contributed by atoms with Gasteiger partial charge in [0, 0.05) is 11.0 Å². The molecule has 4 nitrogen and oxygen atoms in total. The molecule has 0 amide bonds. The largest absolute Gasteiger partial charge is 0.277 e. The molecule has 2 aromatic heterocycles. The lowest BCUT2D eigenvalue weighted by atomic mass is 10.3. The van der Waals surface area contributed by atoms with Gasteiger partial charge in [0.1, 0.15) is 17.2 Å². The van der Waals surface area contributed by atoms with E-state index in [1.807, 2.05) is 18.5 Å². The second-order valence-corrected chi connectivity index (χ2v) is 5.85. The molecule has 0 spiro atoms. The average molecular weight is 372 g/mol. The first-order valence-corrected chi connectivity index (χ1v) is 7.85. The highest BCUT2D eigenvalue weighted by atomic mass is 79.9. The molecule has 1 aromatic carbocycles. The third-order valence-electron chi connectivity index (χ3n) is 3.35. The van der Waals surface area contributed by atoms with Crippen molar-refractivity contribution < 1.29 is 4.39 Å². The number of aryl methyl sites for hydroxylation is 2. The van der Waals surface area contributed by atoms with Crippen LogP contribution in [0.2, 0.25) is 0 Å². The first-order chi connectivity index (χ1) is 10.1. The van der Waals surface area contributed by atoms with Crippen LogP contribution in [0.4, 0.5) is 4.39 Å². The number of imidazole rings is 1. The van der Waals surface area contributed by atoms with E-state index in [-0.39, 0.29) is 11.7 Å². The number of rotatable bonds is 3. The molecule has 0 radical (unpaired) electrons. The van der Waals surface area contributed by atoms with Gasteiger partial charge in [0.05, 0.1) is 17.3 Å². The zero-order valence-corrected chi connectivity index (χ0v) is 13.9. The Morgan fingerprint density at radius 2 is 2.14 bits per heavy atom. The fourth-order valence-electron chi connectivity index (χ4n) is 2.43. The van der Waals surface area contributed by atoms with Crippen molar-refractivity contribution in [2.75, 3.05) is 0 Å². The Balaban J connectivity index is 2.42. The molecule has 0 bridgehead atoms. The summed E-state index contributed by atoms with van der Waals surface area (Å²) in [5, 5.41) is 4.44. The summed E-state index contributed by atoms with van der Waals surface area (Å²) in [4.78, 5) is 4.51. The van der Waals surface area contributed by atoms with Crippen LogP contribution in [0.15, 0.2) is 22.7 Å². The highest BCUT2D eigenvalue weighted by molar-refractivity contribution is 9.10. The predicted octanol–water partition coefficient (Wildman–Crippen LogP) is 4.19. The predicted molar refractivity (Wildman–Crippen MR) is 84.5 cm³/mol. The SMILES string of the molecule is CCn1nc(C)c2nc(CCl)n(-c3cc(Br)ccc3F)c21. The van der Waals surface area contributed by atoms with Crippen LogP contribution in [0.3, 0.4) is 0 Å². The fraction of sp³-hybridized carbons (Fsp3) is 0.286. The molecule has 110 valence electrons. The Labute approximate surface area is 134 Å². The Morgan fingerprint density at radius 3 is 2.81 bits per heavy atom. The molecule has 0 aliphatic carbocycles. The average Bonchev–Trinajstić information content (AvgIpc) is 2.99. The first-order valence-electron chi connectivity index (χ1n) is 6.53. The highest BCUT2D eigenvalue weighted by Gasteiger charge is 2.20. The van der Waals surface area contributed by atoms with E-state index >= 15 is 0 Å². The third kappa shape index (κ3) is 2.26. The maximum atomic E-state index is 14.3. The van der Waals surface area contributed by atoms with Gasteiger partial charge in [0.2, 0.25) is 0 Å². The minimum atomic E-state index is -0.328. The van der Waals surface area contributed by atoms with Crippen molar-refractivity contribution >= 4 is 38.7 Å². The van der Waals surface area contributed by atoms with Gasteiger partial charge in [-0.3, -0.25) is 4.57 Å². The minimum absolute atomic E-state index is 0.198. The lowest BCUT2D eigenvalue weighted by molar-refractivity contribution is 0.611. The van der Waals surface area contributed by atoms with E-state index < -0.39 is 0 Å². The van der Waals surface area contributed by atoms with Gasteiger partial charge in [-0.1, -0.05) is 15.9 Å². The van der Waals surface area contributed by atoms with Crippen molar-refractivity contribution in [1.29, 1.82) is 0 Å². The molecule has 21 heavy (non-hydrogen) atoms. The fourth-order valence-corrected chi connectivity index (χ4v) is 2.96. The molecular weight excluding hydrogens is 359 g/mol. The quantitative estimate of drug-likeness (QED) is 0.647. The minimum Gasteiger partial charge on any atom is -0.277 e. The summed E-state index contributed by atoms with van der Waals surface area (Å²) in [7, 11) is 0. The van der Waals surface area contributed by atoms with Gasteiger partial charge in [-0.15, -0.1) is 11.6 Å². The van der Waals surface area contributed by atoms with E-state index in [4.69, 9.17) is 11.6 Å². The number of hydrogen-bond donors (Lipinski definition) is 0. The van der Waals surface area contributed by atoms with Crippen LogP contribution in [0, 0.1) is 12.7 Å². The molecule has 0 saturated carbocycles. The van der Waals surface area contributed by atoms with Crippen LogP contribution in [-0.4, -0.2) is 19.3 Å². The zero-order valence-electron chi connectivity index (χ0n) is 11.6. The van der Waals surface area contributed by atoms with Gasteiger partial charge in [-0.05, 0) is 32.0 Å². The number of halogens is 3. The van der Waals surface area contributed by atoms with Crippen molar-refractivity contribution in [3.8, 4) is 5.69 Å². The lowest BCUT2D eigenvalue weighted by Gasteiger charge is -2.10. The summed E-state index contributed by atoms with van der Waals surface area (Å²) in [5.74, 6) is 0.473. The van der Waals surface area contributed by atoms with Gasteiger partial charge in [0.15, 0.2) is 5.65 Å². The molecule has 3 rings (SSSR count). The summed E-state index contributed by atoms with van der Waals surface area (Å²) in [6.45, 7) is 4.55. The topological polar surface area (TPSA) is 35.6 Å². The van der Waals surface area contributed by atoms with E-state index in [0.29, 0.717) is 18.1 Å². The molecule has 0 unspecified atom stereocenters. The van der Waals surface area contributed by atoms with Crippen molar-refractivity contribution in [3.05, 3.63) is 40.0 Å². The maximum Gasteiger partial charge on any atom is 0.163 e. The molecule has 7 heteroatoms. The Bertz CT molecular complexity index is 824. The molecular formula is C14H13BrClFN4. The number of alkyl halides is 1. The van der Waals surface area contributed by atoms with Crippen LogP contribution < -0.4 is 0 Å². The van der Waals surface area contributed by atoms with E-state index in [0.717, 1.165) is 21.3 Å². The van der Waals surface area contributed by atoms with Crippen molar-refractivity contribution in [2.45, 2.75) is 26.3 Å². The smallest absolute Gasteiger partial charge is 0.163 e. The number of aromatic nitrogens is 4. The van der Waals surface area contributed by atoms with Crippen LogP contribution in [0.5, 0.6) is 0 Å². The van der Waals surface area contributed by atoms with Gasteiger partial charge < -0.3 is 0 Å². The standard InChI is InChI=1S/C14H13BrClFN4/c1-3-20-14-13(8(2)19-20)18-12(7-16)21(14)11-6-9(15)4-5-10(11)17/h4-6H,3,7H2,1-2H3. The summed E-state index contributed by atoms with van der Waals surface area (Å²) in [6.07, 6.45) is 0. The Hall–Kier alpha value is -1.40.